The van der Waals surface area contributed by atoms with Gasteiger partial charge in [0.2, 0.25) is 0 Å². The Morgan fingerprint density at radius 2 is 2.05 bits per heavy atom. The van der Waals surface area contributed by atoms with Crippen LogP contribution in [0.3, 0.4) is 0 Å². The molecule has 0 saturated carbocycles. The number of para-hydroxylation sites is 1. The Labute approximate surface area is 120 Å². The number of nitrogens with zero attached hydrogens (tertiary/aromatic N) is 2. The van der Waals surface area contributed by atoms with Crippen molar-refractivity contribution in [3.63, 3.8) is 0 Å². The molecule has 0 amide bonds. The first-order chi connectivity index (χ1) is 9.60. The summed E-state index contributed by atoms with van der Waals surface area (Å²) in [6.07, 6.45) is 4.69. The fraction of sp³-hybridized carbons (Fsp3) is 0.438. The summed E-state index contributed by atoms with van der Waals surface area (Å²) in [7, 11) is 3.70. The Kier molecular flexibility index (Phi) is 4.57. The Balaban J connectivity index is 2.45. The number of benzene rings is 1. The van der Waals surface area contributed by atoms with Gasteiger partial charge in [0, 0.05) is 7.11 Å². The highest BCUT2D eigenvalue weighted by molar-refractivity contribution is 5.43. The van der Waals surface area contributed by atoms with Gasteiger partial charge in [-0.05, 0) is 38.9 Å². The van der Waals surface area contributed by atoms with Crippen LogP contribution < -0.4 is 5.32 Å². The van der Waals surface area contributed by atoms with Crippen molar-refractivity contribution in [2.45, 2.75) is 25.8 Å². The number of hydrogen-bond acceptors (Lipinski definition) is 3. The minimum atomic E-state index is -0.134. The van der Waals surface area contributed by atoms with E-state index in [9.17, 15) is 0 Å². The molecule has 0 fully saturated rings. The van der Waals surface area contributed by atoms with Crippen molar-refractivity contribution in [3.8, 4) is 5.69 Å². The van der Waals surface area contributed by atoms with Gasteiger partial charge in [-0.1, -0.05) is 18.2 Å². The van der Waals surface area contributed by atoms with Crippen molar-refractivity contribution in [2.24, 2.45) is 0 Å². The second kappa shape index (κ2) is 6.20. The normalized spacial score (nSPS) is 11.8. The monoisotopic (exact) mass is 273 g/mol. The molecule has 0 atom stereocenters. The summed E-state index contributed by atoms with van der Waals surface area (Å²) in [5.74, 6) is 0. The number of rotatable bonds is 6. The third-order valence-electron chi connectivity index (χ3n) is 3.73. The SMILES string of the molecule is CNC(C)(C)c1cncn1-c1ccccc1CCOC. The predicted octanol–water partition coefficient (Wildman–Crippen LogP) is 2.52. The zero-order valence-corrected chi connectivity index (χ0v) is 12.7. The van der Waals surface area contributed by atoms with Crippen LogP contribution in [-0.4, -0.2) is 30.3 Å². The van der Waals surface area contributed by atoms with Gasteiger partial charge in [0.1, 0.15) is 0 Å². The fourth-order valence-electron chi connectivity index (χ4n) is 2.25. The van der Waals surface area contributed by atoms with Crippen LogP contribution >= 0.6 is 0 Å². The summed E-state index contributed by atoms with van der Waals surface area (Å²) in [6, 6.07) is 8.39. The zero-order chi connectivity index (χ0) is 14.6. The fourth-order valence-corrected chi connectivity index (χ4v) is 2.25. The molecule has 1 N–H and O–H groups in total. The van der Waals surface area contributed by atoms with Gasteiger partial charge in [0.05, 0.1) is 36.1 Å². The Bertz CT molecular complexity index is 560. The number of hydrogen-bond donors (Lipinski definition) is 1. The molecule has 0 unspecified atom stereocenters. The molecule has 0 radical (unpaired) electrons. The van der Waals surface area contributed by atoms with E-state index in [1.807, 2.05) is 19.6 Å². The van der Waals surface area contributed by atoms with E-state index in [1.165, 1.54) is 11.3 Å². The highest BCUT2D eigenvalue weighted by atomic mass is 16.5. The molecule has 2 rings (SSSR count). The quantitative estimate of drug-likeness (QED) is 0.879. The highest BCUT2D eigenvalue weighted by Crippen LogP contribution is 2.24. The number of nitrogens with one attached hydrogen (secondary N) is 1. The van der Waals surface area contributed by atoms with Crippen molar-refractivity contribution < 1.29 is 4.74 Å². The van der Waals surface area contributed by atoms with Gasteiger partial charge < -0.3 is 14.6 Å². The minimum absolute atomic E-state index is 0.134. The Morgan fingerprint density at radius 1 is 1.30 bits per heavy atom. The molecule has 1 heterocycles. The van der Waals surface area contributed by atoms with E-state index in [1.54, 1.807) is 7.11 Å². The van der Waals surface area contributed by atoms with Crippen molar-refractivity contribution in [2.75, 3.05) is 20.8 Å². The van der Waals surface area contributed by atoms with E-state index in [-0.39, 0.29) is 5.54 Å². The van der Waals surface area contributed by atoms with Crippen LogP contribution in [0.4, 0.5) is 0 Å². The third-order valence-corrected chi connectivity index (χ3v) is 3.73. The summed E-state index contributed by atoms with van der Waals surface area (Å²) in [4.78, 5) is 4.33. The average Bonchev–Trinajstić information content (AvgIpc) is 2.95. The minimum Gasteiger partial charge on any atom is -0.384 e. The molecule has 4 heteroatoms. The van der Waals surface area contributed by atoms with Gasteiger partial charge in [-0.3, -0.25) is 0 Å². The molecule has 0 saturated heterocycles. The van der Waals surface area contributed by atoms with Crippen LogP contribution in [0.2, 0.25) is 0 Å². The van der Waals surface area contributed by atoms with Gasteiger partial charge in [-0.25, -0.2) is 4.98 Å². The first-order valence-corrected chi connectivity index (χ1v) is 6.89. The smallest absolute Gasteiger partial charge is 0.0994 e. The first kappa shape index (κ1) is 14.8. The lowest BCUT2D eigenvalue weighted by Gasteiger charge is -2.26. The standard InChI is InChI=1S/C16H23N3O/c1-16(2,17-3)15-11-18-12-19(15)14-8-6-5-7-13(14)9-10-20-4/h5-8,11-12,17H,9-10H2,1-4H3. The van der Waals surface area contributed by atoms with Crippen LogP contribution in [0.1, 0.15) is 25.1 Å². The molecular weight excluding hydrogens is 250 g/mol. The number of methoxy groups -OCH3 is 1. The van der Waals surface area contributed by atoms with E-state index in [2.05, 4.69) is 53.0 Å². The molecule has 2 aromatic rings. The van der Waals surface area contributed by atoms with E-state index >= 15 is 0 Å². The van der Waals surface area contributed by atoms with Gasteiger partial charge in [0.15, 0.2) is 0 Å². The van der Waals surface area contributed by atoms with Gasteiger partial charge >= 0.3 is 0 Å². The van der Waals surface area contributed by atoms with Crippen LogP contribution in [0.25, 0.3) is 5.69 Å². The van der Waals surface area contributed by atoms with Crippen molar-refractivity contribution in [3.05, 3.63) is 48.0 Å². The number of imidazole rings is 1. The second-order valence-corrected chi connectivity index (χ2v) is 5.40. The largest absolute Gasteiger partial charge is 0.384 e. The molecule has 1 aromatic carbocycles. The maximum absolute atomic E-state index is 5.20. The Morgan fingerprint density at radius 3 is 2.75 bits per heavy atom. The summed E-state index contributed by atoms with van der Waals surface area (Å²) < 4.78 is 7.35. The van der Waals surface area contributed by atoms with E-state index in [0.29, 0.717) is 0 Å². The second-order valence-electron chi connectivity index (χ2n) is 5.40. The summed E-state index contributed by atoms with van der Waals surface area (Å²) in [5.41, 5.74) is 3.44. The molecule has 1 aromatic heterocycles. The number of aromatic nitrogens is 2. The molecule has 0 aliphatic rings. The van der Waals surface area contributed by atoms with Crippen LogP contribution in [-0.2, 0) is 16.7 Å². The maximum Gasteiger partial charge on any atom is 0.0994 e. The summed E-state index contributed by atoms with van der Waals surface area (Å²) in [5, 5.41) is 3.33. The van der Waals surface area contributed by atoms with Gasteiger partial charge in [0.25, 0.3) is 0 Å². The molecule has 0 aliphatic heterocycles. The highest BCUT2D eigenvalue weighted by Gasteiger charge is 2.23. The maximum atomic E-state index is 5.20. The molecule has 0 spiro atoms. The molecule has 4 nitrogen and oxygen atoms in total. The first-order valence-electron chi connectivity index (χ1n) is 6.89. The molecule has 20 heavy (non-hydrogen) atoms. The van der Waals surface area contributed by atoms with Crippen molar-refractivity contribution in [1.29, 1.82) is 0 Å². The van der Waals surface area contributed by atoms with Gasteiger partial charge in [-0.15, -0.1) is 0 Å². The lowest BCUT2D eigenvalue weighted by molar-refractivity contribution is 0.202. The Hall–Kier alpha value is -1.65. The molecule has 0 bridgehead atoms. The van der Waals surface area contributed by atoms with E-state index in [4.69, 9.17) is 4.74 Å². The summed E-state index contributed by atoms with van der Waals surface area (Å²) in [6.45, 7) is 5.02. The summed E-state index contributed by atoms with van der Waals surface area (Å²) >= 11 is 0. The van der Waals surface area contributed by atoms with E-state index < -0.39 is 0 Å². The number of ether oxygens (including phenoxy) is 1. The topological polar surface area (TPSA) is 39.1 Å². The molecular formula is C16H23N3O. The lowest BCUT2D eigenvalue weighted by atomic mass is 10.0. The average molecular weight is 273 g/mol. The van der Waals surface area contributed by atoms with Gasteiger partial charge in [-0.2, -0.15) is 0 Å². The van der Waals surface area contributed by atoms with Crippen LogP contribution in [0.5, 0.6) is 0 Å². The van der Waals surface area contributed by atoms with Crippen molar-refractivity contribution >= 4 is 0 Å². The third kappa shape index (κ3) is 2.92. The lowest BCUT2D eigenvalue weighted by Crippen LogP contribution is -2.35. The van der Waals surface area contributed by atoms with Crippen LogP contribution in [0.15, 0.2) is 36.8 Å². The predicted molar refractivity (Wildman–Crippen MR) is 81.2 cm³/mol. The van der Waals surface area contributed by atoms with Crippen molar-refractivity contribution in [1.82, 2.24) is 14.9 Å². The molecule has 108 valence electrons. The van der Waals surface area contributed by atoms with Crippen LogP contribution in [0, 0.1) is 0 Å². The zero-order valence-electron chi connectivity index (χ0n) is 12.7. The molecule has 0 aliphatic carbocycles. The van der Waals surface area contributed by atoms with E-state index in [0.717, 1.165) is 18.7 Å².